The van der Waals surface area contributed by atoms with Gasteiger partial charge in [-0.15, -0.1) is 0 Å². The number of aryl methyl sites for hydroxylation is 3. The average molecular weight is 432 g/mol. The lowest BCUT2D eigenvalue weighted by atomic mass is 10.2. The van der Waals surface area contributed by atoms with Crippen LogP contribution in [0.1, 0.15) is 17.1 Å². The van der Waals surface area contributed by atoms with Crippen molar-refractivity contribution in [1.29, 1.82) is 0 Å². The summed E-state index contributed by atoms with van der Waals surface area (Å²) in [6, 6.07) is 13.2. The van der Waals surface area contributed by atoms with Crippen LogP contribution in [0.5, 0.6) is 0 Å². The second-order valence-corrected chi connectivity index (χ2v) is 9.71. The molecule has 1 heterocycles. The van der Waals surface area contributed by atoms with Gasteiger partial charge in [0.1, 0.15) is 0 Å². The Balaban J connectivity index is 1.79. The average Bonchev–Trinajstić information content (AvgIpc) is 2.61. The highest BCUT2D eigenvalue weighted by atomic mass is 32.2. The molecule has 0 aliphatic carbocycles. The number of hydrogen-bond donors (Lipinski definition) is 1. The minimum Gasteiger partial charge on any atom is -0.423 e. The quantitative estimate of drug-likeness (QED) is 0.637. The lowest BCUT2D eigenvalue weighted by molar-refractivity contribution is 0.600. The maximum absolute atomic E-state index is 12.5. The van der Waals surface area contributed by atoms with E-state index in [1.807, 2.05) is 6.92 Å². The van der Waals surface area contributed by atoms with Crippen LogP contribution in [-0.4, -0.2) is 26.8 Å². The molecule has 3 aromatic rings. The lowest BCUT2D eigenvalue weighted by Gasteiger charge is -2.17. The molecule has 0 aliphatic heterocycles. The first-order valence-corrected chi connectivity index (χ1v) is 11.5. The standard InChI is InChI=1S/C19H19N4O4S2/c1-13-4-8-17(9-5-13)28(24,25)22-16-6-10-18(11-7-16)29(26,27)23-19-12-14(2)20-15(3)21-19/h4-12,22H,1-3H3/q-1. The molecule has 0 fully saturated rings. The summed E-state index contributed by atoms with van der Waals surface area (Å²) >= 11 is 0. The van der Waals surface area contributed by atoms with Crippen LogP contribution in [0.15, 0.2) is 64.4 Å². The zero-order valence-corrected chi connectivity index (χ0v) is 17.6. The van der Waals surface area contributed by atoms with Crippen molar-refractivity contribution in [3.8, 4) is 0 Å². The van der Waals surface area contributed by atoms with Gasteiger partial charge in [0.25, 0.3) is 10.0 Å². The Hall–Kier alpha value is -2.98. The van der Waals surface area contributed by atoms with Crippen molar-refractivity contribution in [2.45, 2.75) is 30.6 Å². The highest BCUT2D eigenvalue weighted by Crippen LogP contribution is 2.27. The van der Waals surface area contributed by atoms with Crippen LogP contribution in [-0.2, 0) is 20.0 Å². The Labute approximate surface area is 170 Å². The summed E-state index contributed by atoms with van der Waals surface area (Å²) in [6.45, 7) is 5.22. The second-order valence-electron chi connectivity index (χ2n) is 6.42. The topological polar surface area (TPSA) is 120 Å². The first-order valence-electron chi connectivity index (χ1n) is 8.55. The normalized spacial score (nSPS) is 11.8. The Morgan fingerprint density at radius 3 is 1.97 bits per heavy atom. The third-order valence-electron chi connectivity index (χ3n) is 3.90. The van der Waals surface area contributed by atoms with E-state index in [2.05, 4.69) is 19.4 Å². The van der Waals surface area contributed by atoms with Gasteiger partial charge in [-0.1, -0.05) is 17.7 Å². The van der Waals surface area contributed by atoms with Crippen molar-refractivity contribution in [1.82, 2.24) is 9.97 Å². The zero-order chi connectivity index (χ0) is 21.2. The molecular formula is C19H19N4O4S2-. The molecule has 29 heavy (non-hydrogen) atoms. The fourth-order valence-corrected chi connectivity index (χ4v) is 4.53. The van der Waals surface area contributed by atoms with Crippen LogP contribution in [0.25, 0.3) is 4.72 Å². The molecule has 0 saturated carbocycles. The molecule has 1 aromatic heterocycles. The maximum Gasteiger partial charge on any atom is 0.261 e. The van der Waals surface area contributed by atoms with Gasteiger partial charge in [0.05, 0.1) is 9.79 Å². The van der Waals surface area contributed by atoms with Crippen molar-refractivity contribution in [3.63, 3.8) is 0 Å². The van der Waals surface area contributed by atoms with Gasteiger partial charge in [0, 0.05) is 17.2 Å². The number of hydrogen-bond acceptors (Lipinski definition) is 6. The van der Waals surface area contributed by atoms with Crippen molar-refractivity contribution in [2.24, 2.45) is 0 Å². The van der Waals surface area contributed by atoms with E-state index in [0.29, 0.717) is 11.5 Å². The summed E-state index contributed by atoms with van der Waals surface area (Å²) in [4.78, 5) is 8.12. The molecule has 0 bridgehead atoms. The van der Waals surface area contributed by atoms with Gasteiger partial charge in [-0.2, -0.15) is 0 Å². The SMILES string of the molecule is Cc1ccc(S(=O)(=O)Nc2ccc(S(=O)(=O)[N-]c3cc(C)nc(C)n3)cc2)cc1. The summed E-state index contributed by atoms with van der Waals surface area (Å²) in [5.41, 5.74) is 1.78. The fourth-order valence-electron chi connectivity index (χ4n) is 2.55. The highest BCUT2D eigenvalue weighted by molar-refractivity contribution is 7.94. The van der Waals surface area contributed by atoms with E-state index in [4.69, 9.17) is 0 Å². The molecule has 2 aromatic carbocycles. The Kier molecular flexibility index (Phi) is 5.58. The maximum atomic E-state index is 12.5. The summed E-state index contributed by atoms with van der Waals surface area (Å²) in [7, 11) is -7.78. The van der Waals surface area contributed by atoms with E-state index >= 15 is 0 Å². The molecule has 0 radical (unpaired) electrons. The summed E-state index contributed by atoms with van der Waals surface area (Å²) < 4.78 is 56.0. The van der Waals surface area contributed by atoms with Crippen LogP contribution in [0.4, 0.5) is 11.5 Å². The Morgan fingerprint density at radius 2 is 1.38 bits per heavy atom. The third kappa shape index (κ3) is 5.09. The van der Waals surface area contributed by atoms with E-state index in [-0.39, 0.29) is 21.3 Å². The molecule has 10 heteroatoms. The monoisotopic (exact) mass is 431 g/mol. The van der Waals surface area contributed by atoms with Crippen LogP contribution in [0.3, 0.4) is 0 Å². The van der Waals surface area contributed by atoms with Crippen LogP contribution >= 0.6 is 0 Å². The zero-order valence-electron chi connectivity index (χ0n) is 16.0. The summed E-state index contributed by atoms with van der Waals surface area (Å²) in [5.74, 6) is 0.457. The van der Waals surface area contributed by atoms with Crippen molar-refractivity contribution < 1.29 is 16.8 Å². The summed E-state index contributed by atoms with van der Waals surface area (Å²) in [5, 5.41) is 0. The molecule has 3 rings (SSSR count). The summed E-state index contributed by atoms with van der Waals surface area (Å²) in [6.07, 6.45) is 0. The van der Waals surface area contributed by atoms with Gasteiger partial charge in [-0.25, -0.2) is 16.8 Å². The van der Waals surface area contributed by atoms with E-state index in [1.54, 1.807) is 26.0 Å². The third-order valence-corrected chi connectivity index (χ3v) is 6.59. The number of aromatic nitrogens is 2. The van der Waals surface area contributed by atoms with E-state index in [0.717, 1.165) is 5.56 Å². The molecule has 0 unspecified atom stereocenters. The molecule has 0 atom stereocenters. The smallest absolute Gasteiger partial charge is 0.261 e. The molecule has 152 valence electrons. The van der Waals surface area contributed by atoms with Crippen LogP contribution in [0, 0.1) is 20.8 Å². The van der Waals surface area contributed by atoms with Crippen molar-refractivity contribution >= 4 is 31.6 Å². The number of benzene rings is 2. The van der Waals surface area contributed by atoms with E-state index < -0.39 is 20.0 Å². The highest BCUT2D eigenvalue weighted by Gasteiger charge is 2.15. The van der Waals surface area contributed by atoms with E-state index in [1.165, 1.54) is 42.5 Å². The molecule has 1 N–H and O–H groups in total. The predicted octanol–water partition coefficient (Wildman–Crippen LogP) is 3.60. The van der Waals surface area contributed by atoms with Crippen LogP contribution < -0.4 is 4.72 Å². The van der Waals surface area contributed by atoms with Crippen molar-refractivity contribution in [3.05, 3.63) is 76.4 Å². The van der Waals surface area contributed by atoms with Gasteiger partial charge < -0.3 is 9.71 Å². The Bertz CT molecular complexity index is 1220. The molecule has 0 amide bonds. The molecule has 8 nitrogen and oxygen atoms in total. The number of sulfonamides is 2. The van der Waals surface area contributed by atoms with Gasteiger partial charge in [0.2, 0.25) is 10.0 Å². The fraction of sp³-hybridized carbons (Fsp3) is 0.158. The van der Waals surface area contributed by atoms with Crippen LogP contribution in [0.2, 0.25) is 0 Å². The van der Waals surface area contributed by atoms with Crippen molar-refractivity contribution in [2.75, 3.05) is 4.72 Å². The van der Waals surface area contributed by atoms with Gasteiger partial charge in [-0.05, 0) is 69.1 Å². The number of nitrogens with one attached hydrogen (secondary N) is 1. The first kappa shape index (κ1) is 20.7. The minimum absolute atomic E-state index is 0.0409. The number of anilines is 1. The molecular weight excluding hydrogens is 412 g/mol. The largest absolute Gasteiger partial charge is 0.423 e. The molecule has 0 spiro atoms. The number of nitrogens with zero attached hydrogens (tertiary/aromatic N) is 3. The van der Waals surface area contributed by atoms with Gasteiger partial charge in [-0.3, -0.25) is 9.71 Å². The van der Waals surface area contributed by atoms with Gasteiger partial charge in [0.15, 0.2) is 0 Å². The first-order chi connectivity index (χ1) is 13.5. The van der Waals surface area contributed by atoms with E-state index in [9.17, 15) is 16.8 Å². The number of rotatable bonds is 6. The minimum atomic E-state index is -4.01. The Morgan fingerprint density at radius 1 is 0.793 bits per heavy atom. The second kappa shape index (κ2) is 7.80. The predicted molar refractivity (Wildman–Crippen MR) is 110 cm³/mol. The van der Waals surface area contributed by atoms with Gasteiger partial charge >= 0.3 is 0 Å². The molecule has 0 saturated heterocycles. The molecule has 0 aliphatic rings. The lowest BCUT2D eigenvalue weighted by Crippen LogP contribution is -2.13.